The highest BCUT2D eigenvalue weighted by molar-refractivity contribution is 7.89. The molecular weight excluding hydrogens is 318 g/mol. The fourth-order valence-electron chi connectivity index (χ4n) is 3.01. The molecule has 3 rings (SSSR count). The van der Waals surface area contributed by atoms with Crippen LogP contribution >= 0.6 is 0 Å². The summed E-state index contributed by atoms with van der Waals surface area (Å²) in [5.41, 5.74) is 0.810. The van der Waals surface area contributed by atoms with Gasteiger partial charge < -0.3 is 4.98 Å². The maximum Gasteiger partial charge on any atom is 0.345 e. The summed E-state index contributed by atoms with van der Waals surface area (Å²) < 4.78 is 28.7. The highest BCUT2D eigenvalue weighted by Crippen LogP contribution is 2.29. The number of nitrogens with zero attached hydrogens (tertiary/aromatic N) is 4. The molecule has 1 atom stereocenters. The SMILES string of the molecule is Cc1nn(C)cc1S(=O)(=O)N1CCCC(c2ccnc(=O)[nH]2)C1. The number of aryl methyl sites for hydroxylation is 2. The zero-order valence-corrected chi connectivity index (χ0v) is 13.9. The lowest BCUT2D eigenvalue weighted by atomic mass is 9.96. The van der Waals surface area contributed by atoms with Crippen LogP contribution < -0.4 is 5.69 Å². The third-order valence-electron chi connectivity index (χ3n) is 4.11. The molecule has 2 aromatic heterocycles. The Kier molecular flexibility index (Phi) is 4.07. The Labute approximate surface area is 134 Å². The Bertz CT molecular complexity index is 871. The zero-order valence-electron chi connectivity index (χ0n) is 13.1. The number of aromatic nitrogens is 4. The molecule has 0 aliphatic carbocycles. The van der Waals surface area contributed by atoms with Gasteiger partial charge >= 0.3 is 5.69 Å². The van der Waals surface area contributed by atoms with Crippen molar-refractivity contribution in [2.75, 3.05) is 13.1 Å². The highest BCUT2D eigenvalue weighted by Gasteiger charge is 2.33. The van der Waals surface area contributed by atoms with Gasteiger partial charge in [0.2, 0.25) is 10.0 Å². The molecule has 1 fully saturated rings. The topological polar surface area (TPSA) is 101 Å². The van der Waals surface area contributed by atoms with Gasteiger partial charge in [0, 0.05) is 44.1 Å². The number of rotatable bonds is 3. The van der Waals surface area contributed by atoms with Crippen molar-refractivity contribution < 1.29 is 8.42 Å². The number of hydrogen-bond acceptors (Lipinski definition) is 5. The standard InChI is InChI=1S/C14H19N5O3S/c1-10-13(9-18(2)17-10)23(21,22)19-7-3-4-11(8-19)12-5-6-15-14(20)16-12/h5-6,9,11H,3-4,7-8H2,1-2H3,(H,15,16,20). The average molecular weight is 337 g/mol. The van der Waals surface area contributed by atoms with E-state index in [2.05, 4.69) is 15.1 Å². The average Bonchev–Trinajstić information content (AvgIpc) is 2.87. The third-order valence-corrected chi connectivity index (χ3v) is 6.08. The summed E-state index contributed by atoms with van der Waals surface area (Å²) in [6.07, 6.45) is 4.56. The second kappa shape index (κ2) is 5.89. The van der Waals surface area contributed by atoms with Crippen molar-refractivity contribution in [3.05, 3.63) is 40.3 Å². The van der Waals surface area contributed by atoms with Gasteiger partial charge in [0.05, 0.1) is 5.69 Å². The van der Waals surface area contributed by atoms with E-state index >= 15 is 0 Å². The lowest BCUT2D eigenvalue weighted by molar-refractivity contribution is 0.312. The Morgan fingerprint density at radius 1 is 1.39 bits per heavy atom. The van der Waals surface area contributed by atoms with E-state index in [-0.39, 0.29) is 10.8 Å². The molecule has 0 spiro atoms. The molecule has 0 aromatic carbocycles. The molecule has 3 heterocycles. The first-order valence-electron chi connectivity index (χ1n) is 7.43. The minimum absolute atomic E-state index is 0.0359. The summed E-state index contributed by atoms with van der Waals surface area (Å²) in [6, 6.07) is 1.73. The van der Waals surface area contributed by atoms with Crippen LogP contribution in [0.25, 0.3) is 0 Å². The van der Waals surface area contributed by atoms with Crippen LogP contribution in [0, 0.1) is 6.92 Å². The van der Waals surface area contributed by atoms with E-state index in [1.165, 1.54) is 21.4 Å². The molecule has 0 bridgehead atoms. The van der Waals surface area contributed by atoms with E-state index in [4.69, 9.17) is 0 Å². The lowest BCUT2D eigenvalue weighted by Gasteiger charge is -2.31. The van der Waals surface area contributed by atoms with Crippen LogP contribution in [0.3, 0.4) is 0 Å². The fourth-order valence-corrected chi connectivity index (χ4v) is 4.73. The molecule has 1 unspecified atom stereocenters. The maximum absolute atomic E-state index is 12.9. The minimum Gasteiger partial charge on any atom is -0.309 e. The van der Waals surface area contributed by atoms with Gasteiger partial charge in [0.1, 0.15) is 4.90 Å². The van der Waals surface area contributed by atoms with E-state index in [1.54, 1.807) is 20.0 Å². The first kappa shape index (κ1) is 15.9. The van der Waals surface area contributed by atoms with Gasteiger partial charge in [-0.2, -0.15) is 9.40 Å². The van der Waals surface area contributed by atoms with Gasteiger partial charge in [-0.15, -0.1) is 0 Å². The first-order chi connectivity index (χ1) is 10.9. The number of H-pyrrole nitrogens is 1. The molecule has 1 saturated heterocycles. The van der Waals surface area contributed by atoms with Crippen LogP contribution in [-0.4, -0.2) is 45.6 Å². The molecule has 9 heteroatoms. The van der Waals surface area contributed by atoms with Crippen LogP contribution in [0.4, 0.5) is 0 Å². The molecule has 23 heavy (non-hydrogen) atoms. The molecule has 2 aromatic rings. The largest absolute Gasteiger partial charge is 0.345 e. The highest BCUT2D eigenvalue weighted by atomic mass is 32.2. The number of piperidine rings is 1. The van der Waals surface area contributed by atoms with Crippen molar-refractivity contribution >= 4 is 10.0 Å². The van der Waals surface area contributed by atoms with Gasteiger partial charge in [0.15, 0.2) is 0 Å². The van der Waals surface area contributed by atoms with Gasteiger partial charge in [0.25, 0.3) is 0 Å². The zero-order chi connectivity index (χ0) is 16.6. The van der Waals surface area contributed by atoms with Gasteiger partial charge in [-0.1, -0.05) is 0 Å². The summed E-state index contributed by atoms with van der Waals surface area (Å²) in [6.45, 7) is 2.51. The van der Waals surface area contributed by atoms with Crippen LogP contribution in [0.5, 0.6) is 0 Å². The molecule has 0 amide bonds. The summed E-state index contributed by atoms with van der Waals surface area (Å²) in [4.78, 5) is 17.9. The maximum atomic E-state index is 12.9. The van der Waals surface area contributed by atoms with Crippen LogP contribution in [0.1, 0.15) is 30.1 Å². The minimum atomic E-state index is -3.58. The quantitative estimate of drug-likeness (QED) is 0.872. The number of aromatic amines is 1. The summed E-state index contributed by atoms with van der Waals surface area (Å²) in [5, 5.41) is 4.12. The molecular formula is C14H19N5O3S. The molecule has 1 aliphatic rings. The van der Waals surface area contributed by atoms with Gasteiger partial charge in [-0.25, -0.2) is 18.2 Å². The predicted octanol–water partition coefficient (Wildman–Crippen LogP) is 0.380. The first-order valence-corrected chi connectivity index (χ1v) is 8.87. The Morgan fingerprint density at radius 2 is 2.17 bits per heavy atom. The Hall–Kier alpha value is -2.00. The second-order valence-corrected chi connectivity index (χ2v) is 7.69. The smallest absolute Gasteiger partial charge is 0.309 e. The summed E-state index contributed by atoms with van der Waals surface area (Å²) in [5.74, 6) is -0.0359. The normalized spacial score (nSPS) is 19.8. The number of sulfonamides is 1. The van der Waals surface area contributed by atoms with Crippen LogP contribution in [-0.2, 0) is 17.1 Å². The number of hydrogen-bond donors (Lipinski definition) is 1. The molecule has 8 nitrogen and oxygen atoms in total. The van der Waals surface area contributed by atoms with Crippen molar-refractivity contribution in [2.24, 2.45) is 7.05 Å². The Morgan fingerprint density at radius 3 is 2.83 bits per heavy atom. The fraction of sp³-hybridized carbons (Fsp3) is 0.500. The van der Waals surface area contributed by atoms with Gasteiger partial charge in [-0.05, 0) is 25.8 Å². The van der Waals surface area contributed by atoms with E-state index in [1.807, 2.05) is 0 Å². The van der Waals surface area contributed by atoms with Crippen LogP contribution in [0.15, 0.2) is 28.2 Å². The van der Waals surface area contributed by atoms with Crippen molar-refractivity contribution in [1.29, 1.82) is 0 Å². The monoisotopic (exact) mass is 337 g/mol. The van der Waals surface area contributed by atoms with Crippen molar-refractivity contribution in [3.63, 3.8) is 0 Å². The van der Waals surface area contributed by atoms with Crippen LogP contribution in [0.2, 0.25) is 0 Å². The summed E-state index contributed by atoms with van der Waals surface area (Å²) in [7, 11) is -1.88. The van der Waals surface area contributed by atoms with Crippen molar-refractivity contribution in [2.45, 2.75) is 30.6 Å². The third kappa shape index (κ3) is 3.06. The molecule has 124 valence electrons. The molecule has 0 saturated carbocycles. The Balaban J connectivity index is 1.89. The van der Waals surface area contributed by atoms with Crippen molar-refractivity contribution in [1.82, 2.24) is 24.1 Å². The van der Waals surface area contributed by atoms with Gasteiger partial charge in [-0.3, -0.25) is 4.68 Å². The molecule has 1 aliphatic heterocycles. The van der Waals surface area contributed by atoms with E-state index < -0.39 is 15.7 Å². The second-order valence-electron chi connectivity index (χ2n) is 5.78. The summed E-state index contributed by atoms with van der Waals surface area (Å²) >= 11 is 0. The molecule has 1 N–H and O–H groups in total. The van der Waals surface area contributed by atoms with E-state index in [0.717, 1.165) is 18.5 Å². The lowest BCUT2D eigenvalue weighted by Crippen LogP contribution is -2.39. The van der Waals surface area contributed by atoms with E-state index in [0.29, 0.717) is 18.8 Å². The van der Waals surface area contributed by atoms with E-state index in [9.17, 15) is 13.2 Å². The van der Waals surface area contributed by atoms with Crippen molar-refractivity contribution in [3.8, 4) is 0 Å². The molecule has 0 radical (unpaired) electrons. The number of nitrogens with one attached hydrogen (secondary N) is 1. The predicted molar refractivity (Wildman–Crippen MR) is 83.5 cm³/mol.